The van der Waals surface area contributed by atoms with Gasteiger partial charge in [-0.1, -0.05) is 11.6 Å². The standard InChI is InChI=1S/C13H14ClN3S/c1-2-15-12-7-10(5-6-16-12)9-18-13-4-3-11(14)8-17-13/h3-8H,2,9H2,1H3,(H,15,16). The third kappa shape index (κ3) is 3.89. The zero-order chi connectivity index (χ0) is 12.8. The van der Waals surface area contributed by atoms with Gasteiger partial charge >= 0.3 is 0 Å². The maximum Gasteiger partial charge on any atom is 0.126 e. The summed E-state index contributed by atoms with van der Waals surface area (Å²) >= 11 is 7.48. The van der Waals surface area contributed by atoms with Crippen molar-refractivity contribution in [3.8, 4) is 0 Å². The minimum atomic E-state index is 0.665. The van der Waals surface area contributed by atoms with E-state index in [9.17, 15) is 0 Å². The van der Waals surface area contributed by atoms with Gasteiger partial charge in [0.05, 0.1) is 10.0 Å². The summed E-state index contributed by atoms with van der Waals surface area (Å²) < 4.78 is 0. The Morgan fingerprint density at radius 1 is 1.28 bits per heavy atom. The van der Waals surface area contributed by atoms with Gasteiger partial charge in [-0.2, -0.15) is 0 Å². The normalized spacial score (nSPS) is 10.3. The van der Waals surface area contributed by atoms with E-state index < -0.39 is 0 Å². The maximum atomic E-state index is 5.80. The van der Waals surface area contributed by atoms with E-state index in [-0.39, 0.29) is 0 Å². The van der Waals surface area contributed by atoms with Gasteiger partial charge < -0.3 is 5.32 Å². The first-order valence-corrected chi connectivity index (χ1v) is 7.07. The van der Waals surface area contributed by atoms with Crippen molar-refractivity contribution in [2.45, 2.75) is 17.7 Å². The summed E-state index contributed by atoms with van der Waals surface area (Å²) in [6.45, 7) is 2.93. The molecule has 0 aromatic carbocycles. The number of anilines is 1. The minimum absolute atomic E-state index is 0.665. The first-order valence-electron chi connectivity index (χ1n) is 5.71. The summed E-state index contributed by atoms with van der Waals surface area (Å²) in [5.41, 5.74) is 1.22. The smallest absolute Gasteiger partial charge is 0.126 e. The second-order valence-electron chi connectivity index (χ2n) is 3.68. The number of nitrogens with one attached hydrogen (secondary N) is 1. The Morgan fingerprint density at radius 3 is 2.89 bits per heavy atom. The third-order valence-corrected chi connectivity index (χ3v) is 3.51. The molecule has 0 amide bonds. The van der Waals surface area contributed by atoms with E-state index in [4.69, 9.17) is 11.6 Å². The molecular weight excluding hydrogens is 266 g/mol. The Hall–Kier alpha value is -1.26. The molecule has 94 valence electrons. The Morgan fingerprint density at radius 2 is 2.17 bits per heavy atom. The highest BCUT2D eigenvalue weighted by molar-refractivity contribution is 7.98. The lowest BCUT2D eigenvalue weighted by Gasteiger charge is -2.05. The van der Waals surface area contributed by atoms with E-state index in [1.165, 1.54) is 5.56 Å². The molecule has 5 heteroatoms. The van der Waals surface area contributed by atoms with Crippen LogP contribution >= 0.6 is 23.4 Å². The van der Waals surface area contributed by atoms with Gasteiger partial charge in [0.25, 0.3) is 0 Å². The second kappa shape index (κ2) is 6.61. The van der Waals surface area contributed by atoms with E-state index in [0.29, 0.717) is 5.02 Å². The lowest BCUT2D eigenvalue weighted by Crippen LogP contribution is -1.99. The Bertz CT molecular complexity index is 502. The molecule has 2 heterocycles. The van der Waals surface area contributed by atoms with Crippen molar-refractivity contribution in [2.24, 2.45) is 0 Å². The molecule has 2 aromatic rings. The van der Waals surface area contributed by atoms with Crippen LogP contribution < -0.4 is 5.32 Å². The van der Waals surface area contributed by atoms with Gasteiger partial charge in [0.2, 0.25) is 0 Å². The molecule has 0 unspecified atom stereocenters. The molecule has 0 fully saturated rings. The minimum Gasteiger partial charge on any atom is -0.370 e. The van der Waals surface area contributed by atoms with Crippen LogP contribution in [0.3, 0.4) is 0 Å². The molecule has 0 bridgehead atoms. The van der Waals surface area contributed by atoms with Gasteiger partial charge in [-0.25, -0.2) is 9.97 Å². The van der Waals surface area contributed by atoms with Crippen LogP contribution in [0.2, 0.25) is 5.02 Å². The summed E-state index contributed by atoms with van der Waals surface area (Å²) in [5, 5.41) is 4.84. The van der Waals surface area contributed by atoms with Crippen LogP contribution in [-0.2, 0) is 5.75 Å². The maximum absolute atomic E-state index is 5.80. The fraction of sp³-hybridized carbons (Fsp3) is 0.231. The first kappa shape index (κ1) is 13.2. The van der Waals surface area contributed by atoms with Gasteiger partial charge in [0.1, 0.15) is 5.82 Å². The van der Waals surface area contributed by atoms with Gasteiger partial charge in [-0.15, -0.1) is 11.8 Å². The number of thioether (sulfide) groups is 1. The van der Waals surface area contributed by atoms with Crippen molar-refractivity contribution in [2.75, 3.05) is 11.9 Å². The monoisotopic (exact) mass is 279 g/mol. The van der Waals surface area contributed by atoms with Crippen molar-refractivity contribution in [1.82, 2.24) is 9.97 Å². The SMILES string of the molecule is CCNc1cc(CSc2ccc(Cl)cn2)ccn1. The predicted molar refractivity (Wildman–Crippen MR) is 77.2 cm³/mol. The molecule has 0 saturated carbocycles. The van der Waals surface area contributed by atoms with Crippen LogP contribution in [0.1, 0.15) is 12.5 Å². The van der Waals surface area contributed by atoms with Crippen molar-refractivity contribution in [3.05, 3.63) is 47.2 Å². The number of hydrogen-bond acceptors (Lipinski definition) is 4. The number of aromatic nitrogens is 2. The topological polar surface area (TPSA) is 37.8 Å². The first-order chi connectivity index (χ1) is 8.78. The number of pyridine rings is 2. The lowest BCUT2D eigenvalue weighted by molar-refractivity contribution is 1.13. The summed E-state index contributed by atoms with van der Waals surface area (Å²) in [7, 11) is 0. The molecule has 1 N–H and O–H groups in total. The molecule has 3 nitrogen and oxygen atoms in total. The van der Waals surface area contributed by atoms with E-state index in [1.807, 2.05) is 24.4 Å². The Kier molecular flexibility index (Phi) is 4.84. The van der Waals surface area contributed by atoms with Gasteiger partial charge in [-0.05, 0) is 36.8 Å². The van der Waals surface area contributed by atoms with E-state index in [0.717, 1.165) is 23.1 Å². The molecule has 2 aromatic heterocycles. The summed E-state index contributed by atoms with van der Waals surface area (Å²) in [4.78, 5) is 8.49. The molecule has 0 aliphatic carbocycles. The van der Waals surface area contributed by atoms with Crippen LogP contribution in [0.5, 0.6) is 0 Å². The molecular formula is C13H14ClN3S. The van der Waals surface area contributed by atoms with Crippen molar-refractivity contribution >= 4 is 29.2 Å². The zero-order valence-corrected chi connectivity index (χ0v) is 11.6. The molecule has 0 aliphatic heterocycles. The average Bonchev–Trinajstić information content (AvgIpc) is 2.39. The van der Waals surface area contributed by atoms with Crippen LogP contribution in [0.15, 0.2) is 41.7 Å². The molecule has 0 atom stereocenters. The van der Waals surface area contributed by atoms with Gasteiger partial charge in [0, 0.05) is 24.7 Å². The number of hydrogen-bond donors (Lipinski definition) is 1. The highest BCUT2D eigenvalue weighted by atomic mass is 35.5. The van der Waals surface area contributed by atoms with Crippen LogP contribution in [0.4, 0.5) is 5.82 Å². The quantitative estimate of drug-likeness (QED) is 0.844. The van der Waals surface area contributed by atoms with E-state index >= 15 is 0 Å². The van der Waals surface area contributed by atoms with Crippen molar-refractivity contribution < 1.29 is 0 Å². The largest absolute Gasteiger partial charge is 0.370 e. The highest BCUT2D eigenvalue weighted by Gasteiger charge is 2.00. The van der Waals surface area contributed by atoms with E-state index in [1.54, 1.807) is 18.0 Å². The Labute approximate surface area is 116 Å². The summed E-state index contributed by atoms with van der Waals surface area (Å²) in [6.07, 6.45) is 3.49. The Balaban J connectivity index is 1.97. The zero-order valence-electron chi connectivity index (χ0n) is 10.1. The van der Waals surface area contributed by atoms with Gasteiger partial charge in [-0.3, -0.25) is 0 Å². The van der Waals surface area contributed by atoms with Crippen molar-refractivity contribution in [1.29, 1.82) is 0 Å². The fourth-order valence-corrected chi connectivity index (χ4v) is 2.34. The van der Waals surface area contributed by atoms with Gasteiger partial charge in [0.15, 0.2) is 0 Å². The molecule has 18 heavy (non-hydrogen) atoms. The van der Waals surface area contributed by atoms with E-state index in [2.05, 4.69) is 28.3 Å². The molecule has 0 spiro atoms. The van der Waals surface area contributed by atoms with Crippen LogP contribution in [0, 0.1) is 0 Å². The average molecular weight is 280 g/mol. The number of halogens is 1. The lowest BCUT2D eigenvalue weighted by atomic mass is 10.3. The number of rotatable bonds is 5. The highest BCUT2D eigenvalue weighted by Crippen LogP contribution is 2.22. The van der Waals surface area contributed by atoms with Crippen molar-refractivity contribution in [3.63, 3.8) is 0 Å². The second-order valence-corrected chi connectivity index (χ2v) is 5.12. The summed E-state index contributed by atoms with van der Waals surface area (Å²) in [6, 6.07) is 7.86. The molecule has 0 radical (unpaired) electrons. The van der Waals surface area contributed by atoms with Crippen LogP contribution in [-0.4, -0.2) is 16.5 Å². The van der Waals surface area contributed by atoms with Crippen LogP contribution in [0.25, 0.3) is 0 Å². The predicted octanol–water partition coefficient (Wildman–Crippen LogP) is 3.85. The number of nitrogens with zero attached hydrogens (tertiary/aromatic N) is 2. The fourth-order valence-electron chi connectivity index (χ4n) is 1.45. The molecule has 0 saturated heterocycles. The molecule has 2 rings (SSSR count). The third-order valence-electron chi connectivity index (χ3n) is 2.27. The molecule has 0 aliphatic rings. The summed E-state index contributed by atoms with van der Waals surface area (Å²) in [5.74, 6) is 1.79.